The number of anilines is 1. The first-order valence-corrected chi connectivity index (χ1v) is 6.34. The Bertz CT molecular complexity index is 648. The number of hydrogen-bond acceptors (Lipinski definition) is 5. The number of nitrogens with zero attached hydrogens (tertiary/aromatic N) is 3. The molecule has 0 bridgehead atoms. The van der Waals surface area contributed by atoms with E-state index in [4.69, 9.17) is 22.5 Å². The van der Waals surface area contributed by atoms with E-state index >= 15 is 0 Å². The summed E-state index contributed by atoms with van der Waals surface area (Å²) in [5.41, 5.74) is 5.83. The van der Waals surface area contributed by atoms with Crippen LogP contribution >= 0.6 is 22.9 Å². The summed E-state index contributed by atoms with van der Waals surface area (Å²) in [5.74, 6) is -0.193. The van der Waals surface area contributed by atoms with Gasteiger partial charge in [0.1, 0.15) is 10.7 Å². The zero-order chi connectivity index (χ0) is 14.0. The number of oxime groups is 1. The molecule has 2 aromatic rings. The lowest BCUT2D eigenvalue weighted by atomic mass is 10.3. The molecule has 0 aromatic carbocycles. The molecule has 19 heavy (non-hydrogen) atoms. The van der Waals surface area contributed by atoms with Gasteiger partial charge in [-0.3, -0.25) is 9.48 Å². The number of aryl methyl sites for hydroxylation is 1. The topological polar surface area (TPSA) is 106 Å². The highest BCUT2D eigenvalue weighted by Gasteiger charge is 2.18. The van der Waals surface area contributed by atoms with Crippen LogP contribution in [0.1, 0.15) is 15.2 Å². The Morgan fingerprint density at radius 1 is 1.68 bits per heavy atom. The predicted octanol–water partition coefficient (Wildman–Crippen LogP) is 1.48. The molecule has 0 aliphatic rings. The average Bonchev–Trinajstić information content (AvgIpc) is 2.96. The molecular formula is C10H10ClN5O2S. The molecule has 1 amide bonds. The number of hydrogen-bond donors (Lipinski definition) is 3. The highest BCUT2D eigenvalue weighted by atomic mass is 35.5. The Morgan fingerprint density at radius 2 is 2.42 bits per heavy atom. The van der Waals surface area contributed by atoms with Crippen molar-refractivity contribution in [1.29, 1.82) is 0 Å². The molecule has 0 saturated heterocycles. The summed E-state index contributed by atoms with van der Waals surface area (Å²) in [6, 6.07) is 1.63. The van der Waals surface area contributed by atoms with E-state index in [1.165, 1.54) is 22.2 Å². The first kappa shape index (κ1) is 13.4. The van der Waals surface area contributed by atoms with Crippen molar-refractivity contribution in [2.24, 2.45) is 17.9 Å². The fourth-order valence-corrected chi connectivity index (χ4v) is 2.48. The van der Waals surface area contributed by atoms with E-state index in [1.807, 2.05) is 0 Å². The molecule has 0 fully saturated rings. The van der Waals surface area contributed by atoms with E-state index in [0.717, 1.165) is 0 Å². The van der Waals surface area contributed by atoms with Crippen LogP contribution in [0.2, 0.25) is 5.02 Å². The summed E-state index contributed by atoms with van der Waals surface area (Å²) < 4.78 is 1.41. The van der Waals surface area contributed by atoms with Crippen molar-refractivity contribution in [3.63, 3.8) is 0 Å². The molecule has 0 spiro atoms. The lowest BCUT2D eigenvalue weighted by Crippen LogP contribution is -2.19. The van der Waals surface area contributed by atoms with Gasteiger partial charge in [-0.15, -0.1) is 11.3 Å². The summed E-state index contributed by atoms with van der Waals surface area (Å²) in [6.07, 6.45) is 1.39. The van der Waals surface area contributed by atoms with E-state index in [9.17, 15) is 4.79 Å². The van der Waals surface area contributed by atoms with Crippen LogP contribution < -0.4 is 11.1 Å². The second kappa shape index (κ2) is 5.29. The van der Waals surface area contributed by atoms with Gasteiger partial charge in [-0.1, -0.05) is 16.8 Å². The van der Waals surface area contributed by atoms with Crippen LogP contribution in [0, 0.1) is 0 Å². The largest absolute Gasteiger partial charge is 0.409 e. The fraction of sp³-hybridized carbons (Fsp3) is 0.100. The summed E-state index contributed by atoms with van der Waals surface area (Å²) >= 11 is 7.10. The zero-order valence-corrected chi connectivity index (χ0v) is 11.4. The molecule has 100 valence electrons. The van der Waals surface area contributed by atoms with E-state index in [0.29, 0.717) is 21.3 Å². The van der Waals surface area contributed by atoms with Crippen molar-refractivity contribution in [2.75, 3.05) is 5.32 Å². The monoisotopic (exact) mass is 299 g/mol. The minimum absolute atomic E-state index is 0.138. The maximum absolute atomic E-state index is 12.0. The first-order valence-electron chi connectivity index (χ1n) is 5.08. The van der Waals surface area contributed by atoms with Crippen LogP contribution in [0.4, 0.5) is 5.82 Å². The van der Waals surface area contributed by atoms with Gasteiger partial charge in [0.2, 0.25) is 0 Å². The Kier molecular flexibility index (Phi) is 3.72. The Morgan fingerprint density at radius 3 is 3.00 bits per heavy atom. The Balaban J connectivity index is 2.32. The zero-order valence-electron chi connectivity index (χ0n) is 9.79. The molecule has 0 unspecified atom stereocenters. The van der Waals surface area contributed by atoms with Gasteiger partial charge in [-0.05, 0) is 11.4 Å². The third-order valence-electron chi connectivity index (χ3n) is 2.38. The van der Waals surface area contributed by atoms with Crippen LogP contribution in [0.15, 0.2) is 22.8 Å². The molecule has 2 heterocycles. The van der Waals surface area contributed by atoms with Gasteiger partial charge in [-0.25, -0.2) is 0 Å². The van der Waals surface area contributed by atoms with Crippen LogP contribution in [0.3, 0.4) is 0 Å². The minimum Gasteiger partial charge on any atom is -0.409 e. The van der Waals surface area contributed by atoms with Crippen LogP contribution in [-0.4, -0.2) is 26.7 Å². The molecule has 2 rings (SSSR count). The molecule has 0 radical (unpaired) electrons. The third kappa shape index (κ3) is 2.54. The molecule has 7 nitrogen and oxygen atoms in total. The SMILES string of the molecule is Cn1ncc(/C(N)=N/O)c1NC(=O)c1sccc1Cl. The lowest BCUT2D eigenvalue weighted by Gasteiger charge is -2.07. The van der Waals surface area contributed by atoms with Crippen molar-refractivity contribution < 1.29 is 10.0 Å². The van der Waals surface area contributed by atoms with Gasteiger partial charge < -0.3 is 16.3 Å². The van der Waals surface area contributed by atoms with Crippen LogP contribution in [0.25, 0.3) is 0 Å². The maximum atomic E-state index is 12.0. The van der Waals surface area contributed by atoms with Crippen LogP contribution in [0.5, 0.6) is 0 Å². The van der Waals surface area contributed by atoms with E-state index < -0.39 is 0 Å². The summed E-state index contributed by atoms with van der Waals surface area (Å²) in [6.45, 7) is 0. The summed E-state index contributed by atoms with van der Waals surface area (Å²) in [5, 5.41) is 20.2. The minimum atomic E-state index is -0.379. The molecule has 2 aromatic heterocycles. The number of carbonyl (C=O) groups excluding carboxylic acids is 1. The van der Waals surface area contributed by atoms with Gasteiger partial charge in [0.25, 0.3) is 5.91 Å². The van der Waals surface area contributed by atoms with E-state index in [1.54, 1.807) is 18.5 Å². The molecular weight excluding hydrogens is 290 g/mol. The number of rotatable bonds is 3. The number of halogens is 1. The van der Waals surface area contributed by atoms with Crippen molar-refractivity contribution in [3.8, 4) is 0 Å². The number of amidine groups is 1. The van der Waals surface area contributed by atoms with Gasteiger partial charge >= 0.3 is 0 Å². The average molecular weight is 300 g/mol. The molecule has 9 heteroatoms. The fourth-order valence-electron chi connectivity index (χ4n) is 1.45. The number of nitrogens with two attached hydrogens (primary N) is 1. The molecule has 0 saturated carbocycles. The second-order valence-electron chi connectivity index (χ2n) is 3.57. The lowest BCUT2D eigenvalue weighted by molar-refractivity contribution is 0.102. The number of nitrogens with one attached hydrogen (secondary N) is 1. The molecule has 0 aliphatic carbocycles. The van der Waals surface area contributed by atoms with Crippen LogP contribution in [-0.2, 0) is 7.05 Å². The van der Waals surface area contributed by atoms with Gasteiger partial charge in [0, 0.05) is 7.05 Å². The van der Waals surface area contributed by atoms with Crippen molar-refractivity contribution >= 4 is 40.5 Å². The molecule has 0 aliphatic heterocycles. The van der Waals surface area contributed by atoms with Crippen molar-refractivity contribution in [3.05, 3.63) is 33.1 Å². The van der Waals surface area contributed by atoms with Crippen molar-refractivity contribution in [1.82, 2.24) is 9.78 Å². The van der Waals surface area contributed by atoms with E-state index in [-0.39, 0.29) is 11.7 Å². The standard InChI is InChI=1S/C10H10ClN5O2S/c1-16-9(5(4-13-16)8(12)15-18)14-10(17)7-6(11)2-3-19-7/h2-4,18H,1H3,(H2,12,15)(H,14,17). The summed E-state index contributed by atoms with van der Waals surface area (Å²) in [4.78, 5) is 12.4. The Labute approximate surface area is 117 Å². The smallest absolute Gasteiger partial charge is 0.268 e. The number of amides is 1. The Hall–Kier alpha value is -2.06. The number of carbonyl (C=O) groups is 1. The highest BCUT2D eigenvalue weighted by molar-refractivity contribution is 7.12. The predicted molar refractivity (Wildman–Crippen MR) is 73.0 cm³/mol. The molecule has 4 N–H and O–H groups in total. The van der Waals surface area contributed by atoms with Gasteiger partial charge in [-0.2, -0.15) is 5.10 Å². The van der Waals surface area contributed by atoms with E-state index in [2.05, 4.69) is 15.6 Å². The van der Waals surface area contributed by atoms with Crippen molar-refractivity contribution in [2.45, 2.75) is 0 Å². The molecule has 0 atom stereocenters. The summed E-state index contributed by atoms with van der Waals surface area (Å²) in [7, 11) is 1.62. The number of thiophene rings is 1. The maximum Gasteiger partial charge on any atom is 0.268 e. The van der Waals surface area contributed by atoms with Gasteiger partial charge in [0.15, 0.2) is 5.84 Å². The van der Waals surface area contributed by atoms with Gasteiger partial charge in [0.05, 0.1) is 16.8 Å². The normalized spacial score (nSPS) is 11.6. The third-order valence-corrected chi connectivity index (χ3v) is 3.72. The number of aromatic nitrogens is 2. The highest BCUT2D eigenvalue weighted by Crippen LogP contribution is 2.24. The quantitative estimate of drug-likeness (QED) is 0.345. The second-order valence-corrected chi connectivity index (χ2v) is 4.89. The first-order chi connectivity index (χ1) is 9.04.